The van der Waals surface area contributed by atoms with Gasteiger partial charge in [0.2, 0.25) is 0 Å². The van der Waals surface area contributed by atoms with Gasteiger partial charge in [0.05, 0.1) is 17.5 Å². The molecule has 2 aromatic carbocycles. The van der Waals surface area contributed by atoms with E-state index in [1.807, 2.05) is 6.92 Å². The van der Waals surface area contributed by atoms with Crippen molar-refractivity contribution in [1.82, 2.24) is 19.7 Å². The highest BCUT2D eigenvalue weighted by Crippen LogP contribution is 2.59. The summed E-state index contributed by atoms with van der Waals surface area (Å²) < 4.78 is 92.2. The molecule has 0 bridgehead atoms. The number of aromatic nitrogens is 3. The number of ether oxygens (including phenoxy) is 1. The maximum atomic E-state index is 14.6. The number of alkyl halides is 6. The average Bonchev–Trinajstić information content (AvgIpc) is 3.53. The third-order valence-electron chi connectivity index (χ3n) is 10.0. The Balaban J connectivity index is 1.36. The zero-order chi connectivity index (χ0) is 35.9. The van der Waals surface area contributed by atoms with Gasteiger partial charge in [0.1, 0.15) is 17.8 Å². The Hall–Kier alpha value is -4.14. The third-order valence-corrected chi connectivity index (χ3v) is 10.0. The highest BCUT2D eigenvalue weighted by Gasteiger charge is 2.69. The van der Waals surface area contributed by atoms with Crippen molar-refractivity contribution in [2.45, 2.75) is 107 Å². The molecule has 0 spiro atoms. The van der Waals surface area contributed by atoms with E-state index in [1.165, 1.54) is 46.1 Å². The van der Waals surface area contributed by atoms with Crippen molar-refractivity contribution >= 4 is 17.7 Å². The summed E-state index contributed by atoms with van der Waals surface area (Å²) in [6, 6.07) is 8.30. The number of anilines is 1. The van der Waals surface area contributed by atoms with Gasteiger partial charge in [-0.3, -0.25) is 9.69 Å². The van der Waals surface area contributed by atoms with E-state index in [1.54, 1.807) is 27.8 Å². The normalized spacial score (nSPS) is 23.5. The molecule has 3 aromatic rings. The molecule has 0 atom stereocenters. The number of aliphatic hydroxyl groups is 1. The quantitative estimate of drug-likeness (QED) is 0.278. The lowest BCUT2D eigenvalue weighted by atomic mass is 9.55. The number of halogens is 6. The van der Waals surface area contributed by atoms with Gasteiger partial charge in [-0.05, 0) is 87.9 Å². The summed E-state index contributed by atoms with van der Waals surface area (Å²) in [6.07, 6.45) is -8.50. The molecule has 15 heteroatoms. The van der Waals surface area contributed by atoms with E-state index < -0.39 is 71.5 Å². The molecule has 9 nitrogen and oxygen atoms in total. The smallest absolute Gasteiger partial charge is 0.417 e. The SMILES string of the molecule is Cn1cnnc1C1(c2cccc(N3Cc4c(cc(CN(C(=O)OC(C)(C)C)C5(C)CCC5)cc4C(F)(F)F)C3=O)c2)CC(O)(C(F)(F)F)C1. The Morgan fingerprint density at radius 3 is 2.27 bits per heavy atom. The number of fused-ring (bicyclic) bond motifs is 1. The number of nitrogens with zero attached hydrogens (tertiary/aromatic N) is 5. The van der Waals surface area contributed by atoms with Crippen molar-refractivity contribution in [3.05, 3.63) is 76.4 Å². The van der Waals surface area contributed by atoms with Crippen LogP contribution in [0.2, 0.25) is 0 Å². The van der Waals surface area contributed by atoms with Crippen LogP contribution in [-0.4, -0.2) is 59.7 Å². The number of aryl methyl sites for hydroxylation is 1. The topological polar surface area (TPSA) is 101 Å². The predicted molar refractivity (Wildman–Crippen MR) is 164 cm³/mol. The summed E-state index contributed by atoms with van der Waals surface area (Å²) in [7, 11) is 1.55. The van der Waals surface area contributed by atoms with E-state index >= 15 is 0 Å². The van der Waals surface area contributed by atoms with Gasteiger partial charge >= 0.3 is 18.4 Å². The number of hydrogen-bond donors (Lipinski definition) is 1. The molecule has 1 aromatic heterocycles. The summed E-state index contributed by atoms with van der Waals surface area (Å²) in [5.74, 6) is -0.570. The zero-order valence-electron chi connectivity index (χ0n) is 27.7. The van der Waals surface area contributed by atoms with Crippen LogP contribution in [0.3, 0.4) is 0 Å². The largest absolute Gasteiger partial charge is 0.444 e. The van der Waals surface area contributed by atoms with Crippen LogP contribution in [0, 0.1) is 0 Å². The fraction of sp³-hybridized carbons (Fsp3) is 0.529. The molecule has 2 saturated carbocycles. The maximum absolute atomic E-state index is 14.6. The molecule has 1 N–H and O–H groups in total. The molecule has 2 fully saturated rings. The fourth-order valence-corrected chi connectivity index (χ4v) is 7.28. The molecule has 264 valence electrons. The first kappa shape index (κ1) is 34.7. The van der Waals surface area contributed by atoms with Gasteiger partial charge in [0.25, 0.3) is 5.91 Å². The standard InChI is InChI=1S/C34H37F6N5O4/c1-29(2,3)49-28(47)45(30(4)10-7-11-30)15-20-12-23-24(25(13-20)33(35,36)37)16-44(26(23)46)22-9-6-8-21(14-22)31(27-42-41-19-43(27)5)17-32(48,18-31)34(38,39)40/h6,8-9,12-14,19,48H,7,10-11,15-18H2,1-5H3. The molecule has 3 aliphatic rings. The second kappa shape index (κ2) is 11.2. The highest BCUT2D eigenvalue weighted by atomic mass is 19.4. The van der Waals surface area contributed by atoms with Crippen molar-refractivity contribution < 1.29 is 45.8 Å². The van der Waals surface area contributed by atoms with E-state index in [0.717, 1.165) is 17.4 Å². The summed E-state index contributed by atoms with van der Waals surface area (Å²) in [4.78, 5) is 29.8. The molecule has 6 rings (SSSR count). The number of hydrogen-bond acceptors (Lipinski definition) is 6. The number of rotatable bonds is 6. The van der Waals surface area contributed by atoms with Gasteiger partial charge < -0.3 is 19.3 Å². The Kier molecular flexibility index (Phi) is 7.93. The summed E-state index contributed by atoms with van der Waals surface area (Å²) >= 11 is 0. The second-order valence-electron chi connectivity index (χ2n) is 14.8. The van der Waals surface area contributed by atoms with Crippen molar-refractivity contribution in [3.63, 3.8) is 0 Å². The van der Waals surface area contributed by atoms with E-state index in [4.69, 9.17) is 4.74 Å². The molecule has 49 heavy (non-hydrogen) atoms. The van der Waals surface area contributed by atoms with Gasteiger partial charge in [-0.25, -0.2) is 4.79 Å². The van der Waals surface area contributed by atoms with Crippen LogP contribution in [0.15, 0.2) is 42.7 Å². The van der Waals surface area contributed by atoms with Crippen molar-refractivity contribution in [3.8, 4) is 0 Å². The van der Waals surface area contributed by atoms with Gasteiger partial charge in [-0.1, -0.05) is 12.1 Å². The minimum atomic E-state index is -4.92. The minimum Gasteiger partial charge on any atom is -0.444 e. The zero-order valence-corrected chi connectivity index (χ0v) is 27.7. The van der Waals surface area contributed by atoms with Crippen LogP contribution in [0.25, 0.3) is 0 Å². The van der Waals surface area contributed by atoms with E-state index in [2.05, 4.69) is 10.2 Å². The van der Waals surface area contributed by atoms with Gasteiger partial charge in [0.15, 0.2) is 5.60 Å². The first-order chi connectivity index (χ1) is 22.6. The van der Waals surface area contributed by atoms with Crippen molar-refractivity contribution in [2.24, 2.45) is 7.05 Å². The molecule has 0 saturated heterocycles. The molecule has 0 radical (unpaired) electrons. The van der Waals surface area contributed by atoms with E-state index in [-0.39, 0.29) is 40.3 Å². The molecule has 2 heterocycles. The van der Waals surface area contributed by atoms with Crippen LogP contribution in [-0.2, 0) is 36.5 Å². The van der Waals surface area contributed by atoms with Crippen molar-refractivity contribution in [2.75, 3.05) is 4.90 Å². The average molecular weight is 694 g/mol. The molecule has 2 amide bonds. The lowest BCUT2D eigenvalue weighted by Crippen LogP contribution is -2.63. The molecular weight excluding hydrogens is 656 g/mol. The van der Waals surface area contributed by atoms with Crippen LogP contribution in [0.1, 0.15) is 98.2 Å². The van der Waals surface area contributed by atoms with Gasteiger partial charge in [-0.2, -0.15) is 26.3 Å². The van der Waals surface area contributed by atoms with Gasteiger partial charge in [-0.15, -0.1) is 10.2 Å². The number of carbonyl (C=O) groups excluding carboxylic acids is 2. The minimum absolute atomic E-state index is 0.108. The molecule has 1 aliphatic heterocycles. The number of amides is 2. The van der Waals surface area contributed by atoms with E-state index in [9.17, 15) is 41.0 Å². The highest BCUT2D eigenvalue weighted by molar-refractivity contribution is 6.10. The first-order valence-electron chi connectivity index (χ1n) is 15.9. The van der Waals surface area contributed by atoms with Crippen LogP contribution >= 0.6 is 0 Å². The lowest BCUT2D eigenvalue weighted by Gasteiger charge is -2.53. The first-order valence-corrected chi connectivity index (χ1v) is 15.9. The number of carbonyl (C=O) groups is 2. The predicted octanol–water partition coefficient (Wildman–Crippen LogP) is 7.05. The Morgan fingerprint density at radius 2 is 1.73 bits per heavy atom. The number of benzene rings is 2. The lowest BCUT2D eigenvalue weighted by molar-refractivity contribution is -0.301. The van der Waals surface area contributed by atoms with Crippen LogP contribution in [0.5, 0.6) is 0 Å². The second-order valence-corrected chi connectivity index (χ2v) is 14.8. The fourth-order valence-electron chi connectivity index (χ4n) is 7.28. The Morgan fingerprint density at radius 1 is 1.06 bits per heavy atom. The van der Waals surface area contributed by atoms with Crippen molar-refractivity contribution in [1.29, 1.82) is 0 Å². The maximum Gasteiger partial charge on any atom is 0.417 e. The summed E-state index contributed by atoms with van der Waals surface area (Å²) in [5.41, 5.74) is -6.78. The Bertz CT molecular complexity index is 1800. The van der Waals surface area contributed by atoms with Crippen LogP contribution in [0.4, 0.5) is 36.8 Å². The molecule has 2 aliphatic carbocycles. The Labute approximate surface area is 278 Å². The monoisotopic (exact) mass is 693 g/mol. The van der Waals surface area contributed by atoms with Gasteiger partial charge in [0, 0.05) is 43.2 Å². The van der Waals surface area contributed by atoms with Crippen LogP contribution < -0.4 is 4.90 Å². The van der Waals surface area contributed by atoms with E-state index in [0.29, 0.717) is 12.8 Å². The molecule has 0 unspecified atom stereocenters. The third kappa shape index (κ3) is 5.93. The summed E-state index contributed by atoms with van der Waals surface area (Å²) in [5, 5.41) is 18.3. The summed E-state index contributed by atoms with van der Waals surface area (Å²) in [6.45, 7) is 6.28. The molecular formula is C34H37F6N5O4.